The lowest BCUT2D eigenvalue weighted by molar-refractivity contribution is 0.318. The van der Waals surface area contributed by atoms with Gasteiger partial charge in [-0.1, -0.05) is 5.16 Å². The van der Waals surface area contributed by atoms with E-state index in [4.69, 9.17) is 10.9 Å². The molecule has 0 aliphatic heterocycles. The molecule has 0 saturated heterocycles. The standard InChI is InChI=1S/C9H8BrN5O/c10-8-3-6(15-5-12-4-13-15)1-2-7(8)9(11)14-16/h1-5,16H,(H2,11,14). The quantitative estimate of drug-likeness (QED) is 0.374. The number of benzene rings is 1. The summed E-state index contributed by atoms with van der Waals surface area (Å²) in [6, 6.07) is 5.34. The molecule has 0 amide bonds. The molecule has 6 nitrogen and oxygen atoms in total. The molecule has 0 aliphatic carbocycles. The van der Waals surface area contributed by atoms with Gasteiger partial charge in [0.15, 0.2) is 5.84 Å². The molecule has 3 N–H and O–H groups in total. The second-order valence-corrected chi connectivity index (χ2v) is 3.84. The first-order valence-corrected chi connectivity index (χ1v) is 5.14. The third-order valence-corrected chi connectivity index (χ3v) is 2.68. The van der Waals surface area contributed by atoms with Crippen molar-refractivity contribution in [1.29, 1.82) is 0 Å². The van der Waals surface area contributed by atoms with E-state index in [0.717, 1.165) is 10.2 Å². The van der Waals surface area contributed by atoms with E-state index < -0.39 is 0 Å². The van der Waals surface area contributed by atoms with Crippen LogP contribution in [-0.4, -0.2) is 25.8 Å². The summed E-state index contributed by atoms with van der Waals surface area (Å²) in [4.78, 5) is 3.85. The van der Waals surface area contributed by atoms with E-state index in [0.29, 0.717) is 5.56 Å². The SMILES string of the molecule is N/C(=N/O)c1ccc(-n2cncn2)cc1Br. The normalized spacial score (nSPS) is 11.7. The summed E-state index contributed by atoms with van der Waals surface area (Å²) < 4.78 is 2.33. The Balaban J connectivity index is 2.45. The van der Waals surface area contributed by atoms with Crippen LogP contribution in [0.4, 0.5) is 0 Å². The van der Waals surface area contributed by atoms with E-state index in [1.807, 2.05) is 6.07 Å². The van der Waals surface area contributed by atoms with Crippen LogP contribution in [0, 0.1) is 0 Å². The monoisotopic (exact) mass is 281 g/mol. The van der Waals surface area contributed by atoms with E-state index in [1.165, 1.54) is 6.33 Å². The summed E-state index contributed by atoms with van der Waals surface area (Å²) in [7, 11) is 0. The van der Waals surface area contributed by atoms with Crippen molar-refractivity contribution < 1.29 is 5.21 Å². The maximum Gasteiger partial charge on any atom is 0.171 e. The molecule has 2 aromatic rings. The van der Waals surface area contributed by atoms with Crippen LogP contribution in [0.2, 0.25) is 0 Å². The summed E-state index contributed by atoms with van der Waals surface area (Å²) >= 11 is 3.34. The average Bonchev–Trinajstić information content (AvgIpc) is 2.81. The zero-order chi connectivity index (χ0) is 11.5. The van der Waals surface area contributed by atoms with E-state index in [-0.39, 0.29) is 5.84 Å². The van der Waals surface area contributed by atoms with E-state index >= 15 is 0 Å². The molecule has 0 spiro atoms. The van der Waals surface area contributed by atoms with Crippen LogP contribution in [0.15, 0.2) is 40.5 Å². The summed E-state index contributed by atoms with van der Waals surface area (Å²) in [5.74, 6) is 0.0528. The molecular formula is C9H8BrN5O. The third-order valence-electron chi connectivity index (χ3n) is 2.02. The fourth-order valence-corrected chi connectivity index (χ4v) is 1.82. The molecule has 0 radical (unpaired) electrons. The molecule has 0 bridgehead atoms. The molecule has 0 aliphatic rings. The van der Waals surface area contributed by atoms with Crippen molar-refractivity contribution in [3.8, 4) is 5.69 Å². The first kappa shape index (κ1) is 10.6. The van der Waals surface area contributed by atoms with Gasteiger partial charge in [0.2, 0.25) is 0 Å². The van der Waals surface area contributed by atoms with Crippen LogP contribution >= 0.6 is 15.9 Å². The van der Waals surface area contributed by atoms with Crippen molar-refractivity contribution in [1.82, 2.24) is 14.8 Å². The Morgan fingerprint density at radius 1 is 1.50 bits per heavy atom. The number of nitrogens with zero attached hydrogens (tertiary/aromatic N) is 4. The fourth-order valence-electron chi connectivity index (χ4n) is 1.25. The van der Waals surface area contributed by atoms with Crippen LogP contribution in [0.1, 0.15) is 5.56 Å². The first-order valence-electron chi connectivity index (χ1n) is 4.35. The number of halogens is 1. The molecule has 0 unspecified atom stereocenters. The van der Waals surface area contributed by atoms with Gasteiger partial charge in [0.25, 0.3) is 0 Å². The van der Waals surface area contributed by atoms with Gasteiger partial charge in [0.1, 0.15) is 12.7 Å². The Bertz CT molecular complexity index is 523. The second kappa shape index (κ2) is 4.31. The highest BCUT2D eigenvalue weighted by atomic mass is 79.9. The minimum absolute atomic E-state index is 0.0528. The van der Waals surface area contributed by atoms with Crippen LogP contribution < -0.4 is 5.73 Å². The number of amidine groups is 1. The van der Waals surface area contributed by atoms with E-state index in [9.17, 15) is 0 Å². The van der Waals surface area contributed by atoms with Crippen molar-refractivity contribution in [2.75, 3.05) is 0 Å². The van der Waals surface area contributed by atoms with Crippen LogP contribution in [0.5, 0.6) is 0 Å². The number of aromatic nitrogens is 3. The molecule has 2 rings (SSSR count). The zero-order valence-electron chi connectivity index (χ0n) is 8.08. The molecule has 82 valence electrons. The van der Waals surface area contributed by atoms with Crippen LogP contribution in [-0.2, 0) is 0 Å². The van der Waals surface area contributed by atoms with Gasteiger partial charge in [0.05, 0.1) is 5.69 Å². The van der Waals surface area contributed by atoms with Gasteiger partial charge in [-0.3, -0.25) is 0 Å². The molecule has 7 heteroatoms. The van der Waals surface area contributed by atoms with Crippen molar-refractivity contribution in [2.45, 2.75) is 0 Å². The van der Waals surface area contributed by atoms with Gasteiger partial charge < -0.3 is 10.9 Å². The molecule has 16 heavy (non-hydrogen) atoms. The van der Waals surface area contributed by atoms with Gasteiger partial charge in [0, 0.05) is 10.0 Å². The largest absolute Gasteiger partial charge is 0.409 e. The van der Waals surface area contributed by atoms with Gasteiger partial charge in [-0.25, -0.2) is 9.67 Å². The minimum atomic E-state index is 0.0528. The fraction of sp³-hybridized carbons (Fsp3) is 0. The second-order valence-electron chi connectivity index (χ2n) is 2.99. The number of hydrogen-bond acceptors (Lipinski definition) is 4. The average molecular weight is 282 g/mol. The minimum Gasteiger partial charge on any atom is -0.409 e. The number of rotatable bonds is 2. The Labute approximate surface area is 99.5 Å². The smallest absolute Gasteiger partial charge is 0.171 e. The third kappa shape index (κ3) is 1.89. The van der Waals surface area contributed by atoms with E-state index in [2.05, 4.69) is 31.2 Å². The van der Waals surface area contributed by atoms with E-state index in [1.54, 1.807) is 23.1 Å². The molecule has 0 saturated carbocycles. The Hall–Kier alpha value is -1.89. The molecule has 1 aromatic heterocycles. The lowest BCUT2D eigenvalue weighted by atomic mass is 10.2. The number of hydrogen-bond donors (Lipinski definition) is 2. The molecule has 0 fully saturated rings. The summed E-state index contributed by atoms with van der Waals surface area (Å²) in [6.07, 6.45) is 3.04. The van der Waals surface area contributed by atoms with Crippen molar-refractivity contribution >= 4 is 21.8 Å². The maximum atomic E-state index is 8.58. The maximum absolute atomic E-state index is 8.58. The van der Waals surface area contributed by atoms with Gasteiger partial charge in [-0.2, -0.15) is 5.10 Å². The predicted molar refractivity (Wildman–Crippen MR) is 61.6 cm³/mol. The van der Waals surface area contributed by atoms with Gasteiger partial charge in [-0.05, 0) is 34.1 Å². The Morgan fingerprint density at radius 3 is 2.88 bits per heavy atom. The van der Waals surface area contributed by atoms with Crippen molar-refractivity contribution in [3.63, 3.8) is 0 Å². The van der Waals surface area contributed by atoms with Crippen LogP contribution in [0.25, 0.3) is 5.69 Å². The summed E-state index contributed by atoms with van der Waals surface area (Å²) in [5.41, 5.74) is 6.95. The highest BCUT2D eigenvalue weighted by Gasteiger charge is 2.06. The van der Waals surface area contributed by atoms with Crippen LogP contribution in [0.3, 0.4) is 0 Å². The first-order chi connectivity index (χ1) is 7.72. The Kier molecular flexibility index (Phi) is 2.86. The lowest BCUT2D eigenvalue weighted by Crippen LogP contribution is -2.14. The molecule has 1 aromatic carbocycles. The number of nitrogens with two attached hydrogens (primary N) is 1. The predicted octanol–water partition coefficient (Wildman–Crippen LogP) is 1.12. The molecule has 0 atom stereocenters. The number of oxime groups is 1. The van der Waals surface area contributed by atoms with Crippen molar-refractivity contribution in [3.05, 3.63) is 40.9 Å². The molecular weight excluding hydrogens is 274 g/mol. The highest BCUT2D eigenvalue weighted by molar-refractivity contribution is 9.10. The summed E-state index contributed by atoms with van der Waals surface area (Å²) in [5, 5.41) is 15.5. The van der Waals surface area contributed by atoms with Gasteiger partial charge in [-0.15, -0.1) is 0 Å². The lowest BCUT2D eigenvalue weighted by Gasteiger charge is -2.05. The zero-order valence-corrected chi connectivity index (χ0v) is 9.66. The molecule has 1 heterocycles. The van der Waals surface area contributed by atoms with Gasteiger partial charge >= 0.3 is 0 Å². The summed E-state index contributed by atoms with van der Waals surface area (Å²) in [6.45, 7) is 0. The highest BCUT2D eigenvalue weighted by Crippen LogP contribution is 2.20. The Morgan fingerprint density at radius 2 is 2.31 bits per heavy atom. The van der Waals surface area contributed by atoms with Crippen molar-refractivity contribution in [2.24, 2.45) is 10.9 Å². The topological polar surface area (TPSA) is 89.3 Å².